The van der Waals surface area contributed by atoms with Crippen molar-refractivity contribution >= 4 is 56.7 Å². The second-order valence-corrected chi connectivity index (χ2v) is 13.8. The summed E-state index contributed by atoms with van der Waals surface area (Å²) in [5.41, 5.74) is 5.02. The highest BCUT2D eigenvalue weighted by Gasteiger charge is 2.49. The standard InChI is InChI=1S/C36H33Cl2FN8O/c1-19-25-16-29(20(2)45-12-5-13-46(36(45)48)23-9-11-42-43-18-23)47(34-22-15-28(34)41-17-22)35(25)26-14-21(6-4-10-40)30(32(39)33(26)44-19)24-7-3-8-27(37)31(24)38/h3,7-9,11,14,16,18,20,22,28,34,41H,4-6,12-13,15,17H2,1-2H3/t20-,22-,28-,34+/m1/s1. The third-order valence-corrected chi connectivity index (χ3v) is 11.3. The van der Waals surface area contributed by atoms with E-state index in [4.69, 9.17) is 28.2 Å². The molecule has 0 radical (unpaired) electrons. The lowest BCUT2D eigenvalue weighted by molar-refractivity contribution is 0.165. The van der Waals surface area contributed by atoms with E-state index in [9.17, 15) is 10.1 Å². The van der Waals surface area contributed by atoms with E-state index in [0.29, 0.717) is 58.2 Å². The molecule has 3 aliphatic heterocycles. The molecule has 9 nitrogen and oxygen atoms in total. The fourth-order valence-corrected chi connectivity index (χ4v) is 8.51. The summed E-state index contributed by atoms with van der Waals surface area (Å²) in [5, 5.41) is 23.3. The Morgan fingerprint density at radius 2 is 2.02 bits per heavy atom. The highest BCUT2D eigenvalue weighted by atomic mass is 35.5. The van der Waals surface area contributed by atoms with Crippen molar-refractivity contribution < 1.29 is 9.18 Å². The van der Waals surface area contributed by atoms with Crippen molar-refractivity contribution in [2.45, 2.75) is 57.7 Å². The molecule has 2 bridgehead atoms. The Balaban J connectivity index is 1.35. The zero-order valence-corrected chi connectivity index (χ0v) is 28.1. The van der Waals surface area contributed by atoms with Crippen LogP contribution in [-0.2, 0) is 6.42 Å². The van der Waals surface area contributed by atoms with Crippen LogP contribution in [0.15, 0.2) is 48.8 Å². The lowest BCUT2D eigenvalue weighted by Crippen LogP contribution is -2.51. The summed E-state index contributed by atoms with van der Waals surface area (Å²) in [6.45, 7) is 6.11. The molecule has 5 aromatic rings. The van der Waals surface area contributed by atoms with Crippen LogP contribution in [0.25, 0.3) is 32.9 Å². The summed E-state index contributed by atoms with van der Waals surface area (Å²) >= 11 is 13.0. The number of rotatable bonds is 7. The van der Waals surface area contributed by atoms with Gasteiger partial charge in [0.05, 0.1) is 51.8 Å². The number of aryl methyl sites for hydroxylation is 2. The number of hydrogen-bond donors (Lipinski definition) is 1. The first-order valence-corrected chi connectivity index (χ1v) is 17.1. The predicted molar refractivity (Wildman–Crippen MR) is 185 cm³/mol. The molecule has 244 valence electrons. The number of fused-ring (bicyclic) bond motifs is 4. The van der Waals surface area contributed by atoms with E-state index in [0.717, 1.165) is 41.7 Å². The molecule has 4 atom stereocenters. The van der Waals surface area contributed by atoms with E-state index >= 15 is 4.39 Å². The molecule has 2 aromatic carbocycles. The fourth-order valence-electron chi connectivity index (χ4n) is 8.11. The van der Waals surface area contributed by atoms with Crippen molar-refractivity contribution in [3.8, 4) is 17.2 Å². The molecule has 1 aliphatic carbocycles. The predicted octanol–water partition coefficient (Wildman–Crippen LogP) is 7.78. The van der Waals surface area contributed by atoms with Crippen molar-refractivity contribution in [3.63, 3.8) is 0 Å². The molecule has 9 rings (SSSR count). The number of carbonyl (C=O) groups is 1. The number of amides is 2. The smallest absolute Gasteiger partial charge is 0.325 e. The largest absolute Gasteiger partial charge is 0.337 e. The van der Waals surface area contributed by atoms with Crippen molar-refractivity contribution in [1.29, 1.82) is 5.26 Å². The quantitative estimate of drug-likeness (QED) is 0.188. The molecule has 12 heteroatoms. The molecule has 1 N–H and O–H groups in total. The second-order valence-electron chi connectivity index (χ2n) is 13.0. The van der Waals surface area contributed by atoms with Gasteiger partial charge in [0, 0.05) is 65.4 Å². The van der Waals surface area contributed by atoms with Crippen molar-refractivity contribution in [2.75, 3.05) is 24.5 Å². The van der Waals surface area contributed by atoms with Gasteiger partial charge in [-0.2, -0.15) is 15.5 Å². The minimum absolute atomic E-state index is 0.0826. The van der Waals surface area contributed by atoms with Crippen LogP contribution in [0.3, 0.4) is 0 Å². The van der Waals surface area contributed by atoms with Crippen LogP contribution in [0.1, 0.15) is 55.2 Å². The molecule has 4 aliphatic rings. The van der Waals surface area contributed by atoms with E-state index < -0.39 is 5.82 Å². The fraction of sp³-hybridized carbons (Fsp3) is 0.361. The minimum atomic E-state index is -0.487. The van der Waals surface area contributed by atoms with E-state index in [1.807, 2.05) is 17.9 Å². The van der Waals surface area contributed by atoms with Gasteiger partial charge < -0.3 is 14.8 Å². The van der Waals surface area contributed by atoms with Gasteiger partial charge in [-0.3, -0.25) is 4.90 Å². The maximum atomic E-state index is 17.0. The average molecular weight is 684 g/mol. The van der Waals surface area contributed by atoms with Crippen LogP contribution in [0.5, 0.6) is 0 Å². The number of urea groups is 1. The topological polar surface area (TPSA) is 103 Å². The Bertz CT molecular complexity index is 2130. The minimum Gasteiger partial charge on any atom is -0.337 e. The van der Waals surface area contributed by atoms with Crippen LogP contribution in [0, 0.1) is 30.0 Å². The Labute approximate surface area is 287 Å². The Hall–Kier alpha value is -4.30. The third kappa shape index (κ3) is 4.74. The number of pyridine rings is 1. The van der Waals surface area contributed by atoms with E-state index in [1.54, 1.807) is 41.6 Å². The third-order valence-electron chi connectivity index (χ3n) is 10.5. The lowest BCUT2D eigenvalue weighted by Gasteiger charge is -2.42. The average Bonchev–Trinajstić information content (AvgIpc) is 3.83. The van der Waals surface area contributed by atoms with Crippen LogP contribution in [0.4, 0.5) is 14.9 Å². The Kier molecular flexibility index (Phi) is 7.74. The van der Waals surface area contributed by atoms with Crippen LogP contribution in [0.2, 0.25) is 10.0 Å². The van der Waals surface area contributed by atoms with Gasteiger partial charge >= 0.3 is 6.03 Å². The summed E-state index contributed by atoms with van der Waals surface area (Å²) in [6.07, 6.45) is 5.63. The first-order valence-electron chi connectivity index (χ1n) is 16.3. The number of hydrogen-bond acceptors (Lipinski definition) is 6. The van der Waals surface area contributed by atoms with Gasteiger partial charge in [0.15, 0.2) is 5.82 Å². The molecular formula is C36H33Cl2FN8O. The summed E-state index contributed by atoms with van der Waals surface area (Å²) in [6, 6.07) is 13.4. The number of nitrogens with zero attached hydrogens (tertiary/aromatic N) is 7. The SMILES string of the molecule is Cc1nc2c(F)c(-c3cccc(Cl)c3Cl)c(CCC#N)cc2c2c1cc([C@@H](C)N1CCCN(c3ccnnc3)C1=O)n2[C@H]1[C@H]2CN[C@@H]1C2. The molecule has 2 amide bonds. The van der Waals surface area contributed by atoms with E-state index in [2.05, 4.69) is 39.1 Å². The van der Waals surface area contributed by atoms with Crippen LogP contribution in [-0.4, -0.2) is 56.4 Å². The van der Waals surface area contributed by atoms with Gasteiger partial charge in [0.2, 0.25) is 0 Å². The highest BCUT2D eigenvalue weighted by molar-refractivity contribution is 6.43. The van der Waals surface area contributed by atoms with E-state index in [1.165, 1.54) is 0 Å². The zero-order chi connectivity index (χ0) is 33.3. The molecule has 3 saturated heterocycles. The number of nitriles is 1. The van der Waals surface area contributed by atoms with Crippen molar-refractivity contribution in [2.24, 2.45) is 5.92 Å². The molecule has 3 aromatic heterocycles. The molecule has 0 unspecified atom stereocenters. The van der Waals surface area contributed by atoms with Gasteiger partial charge in [-0.05, 0) is 68.9 Å². The number of halogens is 3. The number of benzene rings is 2. The Morgan fingerprint density at radius 1 is 1.17 bits per heavy atom. The van der Waals surface area contributed by atoms with Gasteiger partial charge in [-0.1, -0.05) is 35.3 Å². The molecule has 6 heterocycles. The van der Waals surface area contributed by atoms with Gasteiger partial charge in [-0.15, -0.1) is 0 Å². The number of nitrogens with one attached hydrogen (secondary N) is 1. The van der Waals surface area contributed by atoms with Gasteiger partial charge in [-0.25, -0.2) is 14.2 Å². The first-order chi connectivity index (χ1) is 23.3. The summed E-state index contributed by atoms with van der Waals surface area (Å²) in [7, 11) is 0. The van der Waals surface area contributed by atoms with Crippen molar-refractivity contribution in [3.05, 3.63) is 81.6 Å². The Morgan fingerprint density at radius 3 is 2.75 bits per heavy atom. The summed E-state index contributed by atoms with van der Waals surface area (Å²) in [5.74, 6) is -0.0663. The molecule has 0 spiro atoms. The van der Waals surface area contributed by atoms with E-state index in [-0.39, 0.29) is 41.1 Å². The van der Waals surface area contributed by atoms with Gasteiger partial charge in [0.1, 0.15) is 5.52 Å². The highest BCUT2D eigenvalue weighted by Crippen LogP contribution is 2.50. The second kappa shape index (κ2) is 12.0. The maximum Gasteiger partial charge on any atom is 0.325 e. The molecule has 48 heavy (non-hydrogen) atoms. The van der Waals surface area contributed by atoms with Crippen LogP contribution >= 0.6 is 23.2 Å². The monoisotopic (exact) mass is 682 g/mol. The van der Waals surface area contributed by atoms with Crippen LogP contribution < -0.4 is 10.2 Å². The zero-order valence-electron chi connectivity index (χ0n) is 26.6. The normalized spacial score (nSPS) is 21.2. The number of carbonyl (C=O) groups excluding carboxylic acids is 1. The number of aromatic nitrogens is 4. The lowest BCUT2D eigenvalue weighted by atomic mass is 9.79. The number of anilines is 1. The first kappa shape index (κ1) is 31.0. The summed E-state index contributed by atoms with van der Waals surface area (Å²) in [4.78, 5) is 22.6. The summed E-state index contributed by atoms with van der Waals surface area (Å²) < 4.78 is 19.4. The molecule has 1 saturated carbocycles. The van der Waals surface area contributed by atoms with Crippen molar-refractivity contribution in [1.82, 2.24) is 30.0 Å². The maximum absolute atomic E-state index is 17.0. The molecule has 4 fully saturated rings. The van der Waals surface area contributed by atoms with Gasteiger partial charge in [0.25, 0.3) is 0 Å². The molecular weight excluding hydrogens is 650 g/mol.